The molecule has 2 aromatic rings. The maximum Gasteiger partial charge on any atom is -0.0148 e. The van der Waals surface area contributed by atoms with Gasteiger partial charge in [0, 0.05) is 0 Å². The molecule has 0 amide bonds. The lowest BCUT2D eigenvalue weighted by Crippen LogP contribution is -1.89. The van der Waals surface area contributed by atoms with E-state index in [1.807, 2.05) is 39.8 Å². The number of aryl methyl sites for hydroxylation is 2. The minimum atomic E-state index is 1.13. The summed E-state index contributed by atoms with van der Waals surface area (Å²) in [5, 5.41) is 0. The van der Waals surface area contributed by atoms with Crippen LogP contribution >= 0.6 is 0 Å². The van der Waals surface area contributed by atoms with E-state index >= 15 is 0 Å². The van der Waals surface area contributed by atoms with Gasteiger partial charge in [0.15, 0.2) is 0 Å². The first-order chi connectivity index (χ1) is 10.7. The van der Waals surface area contributed by atoms with Gasteiger partial charge in [-0.1, -0.05) is 88.9 Å². The van der Waals surface area contributed by atoms with Crippen molar-refractivity contribution < 1.29 is 0 Å². The van der Waals surface area contributed by atoms with Gasteiger partial charge >= 0.3 is 0 Å². The molecule has 0 spiro atoms. The van der Waals surface area contributed by atoms with Crippen molar-refractivity contribution in [3.8, 4) is 11.1 Å². The molecule has 0 aliphatic carbocycles. The second-order valence-corrected chi connectivity index (χ2v) is 4.57. The van der Waals surface area contributed by atoms with Gasteiger partial charge in [-0.15, -0.1) is 0 Å². The maximum atomic E-state index is 3.87. The topological polar surface area (TPSA) is 0 Å². The van der Waals surface area contributed by atoms with Crippen LogP contribution in [0.4, 0.5) is 0 Å². The lowest BCUT2D eigenvalue weighted by molar-refractivity contribution is 1.42. The minimum Gasteiger partial charge on any atom is -0.0984 e. The van der Waals surface area contributed by atoms with E-state index < -0.39 is 0 Å². The normalized spacial score (nSPS) is 8.82. The van der Waals surface area contributed by atoms with Crippen molar-refractivity contribution in [3.63, 3.8) is 0 Å². The highest BCUT2D eigenvalue weighted by atomic mass is 14.1. The summed E-state index contributed by atoms with van der Waals surface area (Å²) in [6.45, 7) is 20.0. The summed E-state index contributed by atoms with van der Waals surface area (Å²) < 4.78 is 0. The molecular weight excluding hydrogens is 264 g/mol. The lowest BCUT2D eigenvalue weighted by atomic mass is 9.94. The van der Waals surface area contributed by atoms with Crippen LogP contribution in [0.15, 0.2) is 49.6 Å². The largest absolute Gasteiger partial charge is 0.0984 e. The molecule has 0 heteroatoms. The Hall–Kier alpha value is -2.08. The number of hydrogen-bond donors (Lipinski definition) is 0. The van der Waals surface area contributed by atoms with Crippen LogP contribution in [-0.4, -0.2) is 0 Å². The molecule has 0 bridgehead atoms. The van der Waals surface area contributed by atoms with Crippen LogP contribution in [0.5, 0.6) is 0 Å². The summed E-state index contributed by atoms with van der Waals surface area (Å²) in [6.07, 6.45) is 3.76. The molecule has 2 rings (SSSR count). The van der Waals surface area contributed by atoms with Crippen LogP contribution in [0.1, 0.15) is 49.9 Å². The molecule has 0 heterocycles. The second kappa shape index (κ2) is 10.6. The van der Waals surface area contributed by atoms with Gasteiger partial charge in [0.1, 0.15) is 0 Å². The van der Waals surface area contributed by atoms with E-state index in [2.05, 4.69) is 63.4 Å². The fourth-order valence-corrected chi connectivity index (χ4v) is 2.14. The molecule has 0 fully saturated rings. The highest BCUT2D eigenvalue weighted by molar-refractivity contribution is 5.75. The highest BCUT2D eigenvalue weighted by Crippen LogP contribution is 2.28. The maximum absolute atomic E-state index is 3.87. The van der Waals surface area contributed by atoms with Crippen LogP contribution in [0.3, 0.4) is 0 Å². The molecule has 0 atom stereocenters. The van der Waals surface area contributed by atoms with Crippen molar-refractivity contribution in [1.82, 2.24) is 0 Å². The van der Waals surface area contributed by atoms with Gasteiger partial charge in [-0.25, -0.2) is 0 Å². The average Bonchev–Trinajstić information content (AvgIpc) is 2.59. The van der Waals surface area contributed by atoms with E-state index in [1.54, 1.807) is 0 Å². The van der Waals surface area contributed by atoms with E-state index in [9.17, 15) is 0 Å². The third-order valence-corrected chi connectivity index (χ3v) is 3.23. The predicted octanol–water partition coefficient (Wildman–Crippen LogP) is 7.31. The van der Waals surface area contributed by atoms with Crippen molar-refractivity contribution in [2.75, 3.05) is 0 Å². The summed E-state index contributed by atoms with van der Waals surface area (Å²) >= 11 is 0. The zero-order chi connectivity index (χ0) is 17.1. The molecule has 0 unspecified atom stereocenters. The van der Waals surface area contributed by atoms with Crippen molar-refractivity contribution >= 4 is 12.2 Å². The third-order valence-electron chi connectivity index (χ3n) is 3.23. The Morgan fingerprint density at radius 1 is 0.727 bits per heavy atom. The number of benzene rings is 2. The third kappa shape index (κ3) is 5.04. The Labute approximate surface area is 137 Å². The van der Waals surface area contributed by atoms with Gasteiger partial charge in [0.2, 0.25) is 0 Å². The molecule has 0 nitrogen and oxygen atoms in total. The first-order valence-corrected chi connectivity index (χ1v) is 8.12. The molecule has 0 radical (unpaired) electrons. The SMILES string of the molecule is C=Cc1cc(C)c(-c2ccc(C)cc2)cc1C=C.CC.CC. The molecule has 0 saturated carbocycles. The second-order valence-electron chi connectivity index (χ2n) is 4.57. The van der Waals surface area contributed by atoms with Crippen molar-refractivity contribution in [2.24, 2.45) is 0 Å². The molecular formula is C22H30. The zero-order valence-corrected chi connectivity index (χ0v) is 15.0. The monoisotopic (exact) mass is 294 g/mol. The van der Waals surface area contributed by atoms with E-state index in [0.717, 1.165) is 11.1 Å². The fraction of sp³-hybridized carbons (Fsp3) is 0.273. The number of rotatable bonds is 3. The van der Waals surface area contributed by atoms with E-state index in [0.29, 0.717) is 0 Å². The van der Waals surface area contributed by atoms with Gasteiger partial charge in [0.25, 0.3) is 0 Å². The van der Waals surface area contributed by atoms with Gasteiger partial charge in [-0.3, -0.25) is 0 Å². The average molecular weight is 294 g/mol. The fourth-order valence-electron chi connectivity index (χ4n) is 2.14. The van der Waals surface area contributed by atoms with Crippen LogP contribution < -0.4 is 0 Å². The Kier molecular flexibility index (Phi) is 9.61. The molecule has 0 saturated heterocycles. The van der Waals surface area contributed by atoms with E-state index in [4.69, 9.17) is 0 Å². The molecule has 2 aromatic carbocycles. The van der Waals surface area contributed by atoms with Gasteiger partial charge in [-0.05, 0) is 47.7 Å². The quantitative estimate of drug-likeness (QED) is 0.556. The standard InChI is InChI=1S/C18H18.2C2H6/c1-5-15-11-14(4)18(12-16(15)6-2)17-9-7-13(3)8-10-17;2*1-2/h5-12H,1-2H2,3-4H3;2*1-2H3. The Bertz CT molecular complexity index is 586. The lowest BCUT2D eigenvalue weighted by Gasteiger charge is -2.11. The van der Waals surface area contributed by atoms with Gasteiger partial charge in [-0.2, -0.15) is 0 Å². The van der Waals surface area contributed by atoms with Crippen molar-refractivity contribution in [2.45, 2.75) is 41.5 Å². The van der Waals surface area contributed by atoms with Crippen LogP contribution in [-0.2, 0) is 0 Å². The van der Waals surface area contributed by atoms with Crippen LogP contribution in [0.25, 0.3) is 23.3 Å². The minimum absolute atomic E-state index is 1.13. The first kappa shape index (κ1) is 19.9. The molecule has 118 valence electrons. The highest BCUT2D eigenvalue weighted by Gasteiger charge is 2.05. The Balaban J connectivity index is 0.00000102. The smallest absolute Gasteiger partial charge is 0.0148 e. The molecule has 0 aliphatic heterocycles. The first-order valence-electron chi connectivity index (χ1n) is 8.12. The molecule has 0 N–H and O–H groups in total. The van der Waals surface area contributed by atoms with Crippen LogP contribution in [0, 0.1) is 13.8 Å². The molecule has 22 heavy (non-hydrogen) atoms. The Morgan fingerprint density at radius 3 is 1.64 bits per heavy atom. The summed E-state index contributed by atoms with van der Waals surface area (Å²) in [5.74, 6) is 0. The van der Waals surface area contributed by atoms with Gasteiger partial charge in [0.05, 0.1) is 0 Å². The summed E-state index contributed by atoms with van der Waals surface area (Å²) in [5.41, 5.74) is 7.32. The van der Waals surface area contributed by atoms with Crippen molar-refractivity contribution in [1.29, 1.82) is 0 Å². The Morgan fingerprint density at radius 2 is 1.18 bits per heavy atom. The summed E-state index contributed by atoms with van der Waals surface area (Å²) in [6, 6.07) is 13.0. The van der Waals surface area contributed by atoms with Crippen LogP contribution in [0.2, 0.25) is 0 Å². The van der Waals surface area contributed by atoms with Crippen molar-refractivity contribution in [3.05, 3.63) is 71.8 Å². The molecule has 0 aliphatic rings. The van der Waals surface area contributed by atoms with E-state index in [1.165, 1.54) is 22.3 Å². The predicted molar refractivity (Wildman–Crippen MR) is 104 cm³/mol. The van der Waals surface area contributed by atoms with Gasteiger partial charge < -0.3 is 0 Å². The number of hydrogen-bond acceptors (Lipinski definition) is 0. The summed E-state index contributed by atoms with van der Waals surface area (Å²) in [7, 11) is 0. The molecule has 0 aromatic heterocycles. The summed E-state index contributed by atoms with van der Waals surface area (Å²) in [4.78, 5) is 0. The van der Waals surface area contributed by atoms with E-state index in [-0.39, 0.29) is 0 Å². The zero-order valence-electron chi connectivity index (χ0n) is 15.0.